The van der Waals surface area contributed by atoms with Crippen LogP contribution in [0.15, 0.2) is 4.73 Å². The molecule has 2 rings (SSSR count). The maximum atomic E-state index is 5.73. The smallest absolute Gasteiger partial charge is 0.177 e. The second-order valence-corrected chi connectivity index (χ2v) is 4.27. The Balaban J connectivity index is 2.48. The third-order valence-electron chi connectivity index (χ3n) is 2.76. The molecular formula is C9H14BrN3. The van der Waals surface area contributed by atoms with Gasteiger partial charge in [-0.2, -0.15) is 0 Å². The number of nitrogens with two attached hydrogens (primary N) is 1. The van der Waals surface area contributed by atoms with Crippen LogP contribution in [0, 0.1) is 6.92 Å². The fourth-order valence-electron chi connectivity index (χ4n) is 2.07. The lowest BCUT2D eigenvalue weighted by atomic mass is 10.0. The Bertz CT molecular complexity index is 319. The van der Waals surface area contributed by atoms with E-state index in [1.807, 2.05) is 0 Å². The lowest BCUT2D eigenvalue weighted by Crippen LogP contribution is -2.24. The number of hydrogen-bond donors (Lipinski definition) is 1. The fraction of sp³-hybridized carbons (Fsp3) is 0.667. The van der Waals surface area contributed by atoms with Crippen molar-refractivity contribution >= 4 is 15.9 Å². The molecule has 1 aliphatic rings. The Morgan fingerprint density at radius 1 is 1.69 bits per heavy atom. The van der Waals surface area contributed by atoms with Crippen LogP contribution in [0.3, 0.4) is 0 Å². The standard InChI is InChI=1S/C9H14BrN3/c1-6-8-4-2-3-7(5-11)13(8)9(10)12-6/h7H,2-5,11H2,1H3. The third kappa shape index (κ3) is 1.42. The molecule has 3 nitrogen and oxygen atoms in total. The van der Waals surface area contributed by atoms with Gasteiger partial charge in [-0.1, -0.05) is 0 Å². The van der Waals surface area contributed by atoms with Gasteiger partial charge in [0.2, 0.25) is 0 Å². The normalized spacial score (nSPS) is 21.6. The zero-order chi connectivity index (χ0) is 9.42. The van der Waals surface area contributed by atoms with Crippen molar-refractivity contribution in [2.75, 3.05) is 6.54 Å². The molecule has 72 valence electrons. The van der Waals surface area contributed by atoms with E-state index >= 15 is 0 Å². The number of nitrogens with zero attached hydrogens (tertiary/aromatic N) is 2. The van der Waals surface area contributed by atoms with E-state index in [1.165, 1.54) is 18.5 Å². The molecule has 2 heterocycles. The van der Waals surface area contributed by atoms with Crippen LogP contribution in [0.2, 0.25) is 0 Å². The molecule has 0 fully saturated rings. The molecule has 0 saturated carbocycles. The Hall–Kier alpha value is -0.350. The Morgan fingerprint density at radius 3 is 3.15 bits per heavy atom. The second-order valence-electron chi connectivity index (χ2n) is 3.56. The van der Waals surface area contributed by atoms with Crippen molar-refractivity contribution < 1.29 is 0 Å². The van der Waals surface area contributed by atoms with E-state index in [0.29, 0.717) is 12.6 Å². The number of fused-ring (bicyclic) bond motifs is 1. The van der Waals surface area contributed by atoms with Crippen molar-refractivity contribution in [1.82, 2.24) is 9.55 Å². The number of hydrogen-bond acceptors (Lipinski definition) is 2. The SMILES string of the molecule is Cc1nc(Br)n2c1CCCC2CN. The molecule has 4 heteroatoms. The van der Waals surface area contributed by atoms with E-state index < -0.39 is 0 Å². The Labute approximate surface area is 86.5 Å². The highest BCUT2D eigenvalue weighted by molar-refractivity contribution is 9.10. The zero-order valence-electron chi connectivity index (χ0n) is 7.76. The molecule has 0 spiro atoms. The van der Waals surface area contributed by atoms with E-state index in [2.05, 4.69) is 32.4 Å². The minimum Gasteiger partial charge on any atom is -0.328 e. The van der Waals surface area contributed by atoms with E-state index in [-0.39, 0.29) is 0 Å². The van der Waals surface area contributed by atoms with Gasteiger partial charge in [-0.05, 0) is 42.1 Å². The highest BCUT2D eigenvalue weighted by Crippen LogP contribution is 2.30. The first-order valence-corrected chi connectivity index (χ1v) is 5.46. The van der Waals surface area contributed by atoms with Gasteiger partial charge in [-0.25, -0.2) is 4.98 Å². The molecular weight excluding hydrogens is 230 g/mol. The van der Waals surface area contributed by atoms with Gasteiger partial charge in [-0.15, -0.1) is 0 Å². The van der Waals surface area contributed by atoms with Crippen LogP contribution in [0.4, 0.5) is 0 Å². The summed E-state index contributed by atoms with van der Waals surface area (Å²) in [5, 5.41) is 0. The molecule has 1 aromatic heterocycles. The molecule has 0 amide bonds. The van der Waals surface area contributed by atoms with Crippen molar-refractivity contribution in [3.8, 4) is 0 Å². The van der Waals surface area contributed by atoms with Gasteiger partial charge in [0.25, 0.3) is 0 Å². The van der Waals surface area contributed by atoms with Crippen molar-refractivity contribution in [3.05, 3.63) is 16.1 Å². The van der Waals surface area contributed by atoms with Crippen molar-refractivity contribution in [2.24, 2.45) is 5.73 Å². The molecule has 0 aliphatic carbocycles. The van der Waals surface area contributed by atoms with E-state index in [0.717, 1.165) is 16.8 Å². The van der Waals surface area contributed by atoms with Gasteiger partial charge in [-0.3, -0.25) is 0 Å². The molecule has 0 saturated heterocycles. The topological polar surface area (TPSA) is 43.8 Å². The number of aromatic nitrogens is 2. The van der Waals surface area contributed by atoms with Gasteiger partial charge in [0.05, 0.1) is 5.69 Å². The summed E-state index contributed by atoms with van der Waals surface area (Å²) in [6, 6.07) is 0.444. The van der Waals surface area contributed by atoms with Crippen LogP contribution in [-0.2, 0) is 6.42 Å². The van der Waals surface area contributed by atoms with Crippen molar-refractivity contribution in [3.63, 3.8) is 0 Å². The van der Waals surface area contributed by atoms with Crippen LogP contribution < -0.4 is 5.73 Å². The molecule has 1 atom stereocenters. The van der Waals surface area contributed by atoms with Crippen LogP contribution in [0.5, 0.6) is 0 Å². The van der Waals surface area contributed by atoms with Crippen LogP contribution in [0.1, 0.15) is 30.3 Å². The summed E-state index contributed by atoms with van der Waals surface area (Å²) in [6.45, 7) is 2.77. The quantitative estimate of drug-likeness (QED) is 0.818. The van der Waals surface area contributed by atoms with E-state index in [4.69, 9.17) is 5.73 Å². The van der Waals surface area contributed by atoms with Crippen molar-refractivity contribution in [1.29, 1.82) is 0 Å². The highest BCUT2D eigenvalue weighted by Gasteiger charge is 2.23. The molecule has 1 unspecified atom stereocenters. The summed E-state index contributed by atoms with van der Waals surface area (Å²) in [5.41, 5.74) is 8.23. The second kappa shape index (κ2) is 3.42. The number of imidazole rings is 1. The predicted molar refractivity (Wildman–Crippen MR) is 55.7 cm³/mol. The first-order chi connectivity index (χ1) is 6.24. The van der Waals surface area contributed by atoms with Crippen LogP contribution in [0.25, 0.3) is 0 Å². The van der Waals surface area contributed by atoms with E-state index in [9.17, 15) is 0 Å². The molecule has 0 aromatic carbocycles. The summed E-state index contributed by atoms with van der Waals surface area (Å²) < 4.78 is 3.19. The summed E-state index contributed by atoms with van der Waals surface area (Å²) in [4.78, 5) is 4.41. The van der Waals surface area contributed by atoms with Gasteiger partial charge >= 0.3 is 0 Å². The van der Waals surface area contributed by atoms with Gasteiger partial charge in [0, 0.05) is 18.3 Å². The Morgan fingerprint density at radius 2 is 2.46 bits per heavy atom. The van der Waals surface area contributed by atoms with Crippen LogP contribution in [-0.4, -0.2) is 16.1 Å². The van der Waals surface area contributed by atoms with E-state index in [1.54, 1.807) is 0 Å². The minimum atomic E-state index is 0.444. The molecule has 0 bridgehead atoms. The predicted octanol–water partition coefficient (Wildman–Crippen LogP) is 1.79. The first-order valence-electron chi connectivity index (χ1n) is 4.67. The number of aryl methyl sites for hydroxylation is 1. The van der Waals surface area contributed by atoms with Gasteiger partial charge < -0.3 is 10.3 Å². The summed E-state index contributed by atoms with van der Waals surface area (Å²) >= 11 is 3.48. The summed E-state index contributed by atoms with van der Waals surface area (Å²) in [7, 11) is 0. The first kappa shape index (κ1) is 9.21. The molecule has 2 N–H and O–H groups in total. The molecule has 0 radical (unpaired) electrons. The number of rotatable bonds is 1. The highest BCUT2D eigenvalue weighted by atomic mass is 79.9. The molecule has 13 heavy (non-hydrogen) atoms. The average Bonchev–Trinajstić information content (AvgIpc) is 2.43. The largest absolute Gasteiger partial charge is 0.328 e. The Kier molecular flexibility index (Phi) is 2.43. The third-order valence-corrected chi connectivity index (χ3v) is 3.31. The van der Waals surface area contributed by atoms with Crippen LogP contribution >= 0.6 is 15.9 Å². The molecule has 1 aliphatic heterocycles. The monoisotopic (exact) mass is 243 g/mol. The maximum Gasteiger partial charge on any atom is 0.177 e. The lowest BCUT2D eigenvalue weighted by Gasteiger charge is -2.25. The zero-order valence-corrected chi connectivity index (χ0v) is 9.34. The minimum absolute atomic E-state index is 0.444. The summed E-state index contributed by atoms with van der Waals surface area (Å²) in [5.74, 6) is 0. The summed E-state index contributed by atoms with van der Waals surface area (Å²) in [6.07, 6.45) is 3.56. The maximum absolute atomic E-state index is 5.73. The van der Waals surface area contributed by atoms with Gasteiger partial charge in [0.15, 0.2) is 4.73 Å². The van der Waals surface area contributed by atoms with Gasteiger partial charge in [0.1, 0.15) is 0 Å². The molecule has 1 aromatic rings. The fourth-order valence-corrected chi connectivity index (χ4v) is 2.84. The average molecular weight is 244 g/mol. The number of halogens is 1. The lowest BCUT2D eigenvalue weighted by molar-refractivity contribution is 0.402. The van der Waals surface area contributed by atoms with Crippen molar-refractivity contribution in [2.45, 2.75) is 32.2 Å².